The topological polar surface area (TPSA) is 111 Å². The predicted octanol–water partition coefficient (Wildman–Crippen LogP) is 3.95. The van der Waals surface area contributed by atoms with Gasteiger partial charge < -0.3 is 20.3 Å². The normalized spacial score (nSPS) is 20.3. The number of aryl methyl sites for hydroxylation is 1. The maximum atomic E-state index is 14.1. The molecule has 2 saturated heterocycles. The zero-order chi connectivity index (χ0) is 32.9. The SMILES string of the molecule is Cc1ccc2cc(C(=O)NC3(C(=O)N[C@@H](CCCN4CCN(S(=O)(=O)N5CCOCC5)CC4)Cc4ccccc4)CCCC3)sc2c1. The van der Waals surface area contributed by atoms with E-state index in [1.807, 2.05) is 43.3 Å². The summed E-state index contributed by atoms with van der Waals surface area (Å²) in [6.45, 7) is 6.91. The van der Waals surface area contributed by atoms with Crippen molar-refractivity contribution in [1.29, 1.82) is 0 Å². The lowest BCUT2D eigenvalue weighted by atomic mass is 9.94. The van der Waals surface area contributed by atoms with Gasteiger partial charge in [-0.1, -0.05) is 55.3 Å². The van der Waals surface area contributed by atoms with E-state index >= 15 is 0 Å². The molecule has 2 aliphatic heterocycles. The van der Waals surface area contributed by atoms with Gasteiger partial charge in [-0.05, 0) is 74.2 Å². The zero-order valence-electron chi connectivity index (χ0n) is 27.3. The maximum Gasteiger partial charge on any atom is 0.282 e. The van der Waals surface area contributed by atoms with Gasteiger partial charge in [0, 0.05) is 50.0 Å². The Morgan fingerprint density at radius 2 is 1.64 bits per heavy atom. The third-order valence-electron chi connectivity index (χ3n) is 9.78. The van der Waals surface area contributed by atoms with E-state index < -0.39 is 15.7 Å². The van der Waals surface area contributed by atoms with E-state index in [2.05, 4.69) is 33.7 Å². The van der Waals surface area contributed by atoms with Crippen LogP contribution >= 0.6 is 11.3 Å². The third-order valence-corrected chi connectivity index (χ3v) is 12.9. The molecule has 47 heavy (non-hydrogen) atoms. The van der Waals surface area contributed by atoms with Crippen molar-refractivity contribution in [2.75, 3.05) is 59.0 Å². The molecule has 1 aliphatic carbocycles. The summed E-state index contributed by atoms with van der Waals surface area (Å²) in [5.41, 5.74) is 1.40. The highest BCUT2D eigenvalue weighted by Gasteiger charge is 2.43. The molecule has 0 unspecified atom stereocenters. The number of amides is 2. The number of thiophene rings is 1. The molecule has 254 valence electrons. The van der Waals surface area contributed by atoms with Gasteiger partial charge in [0.15, 0.2) is 0 Å². The molecule has 2 aromatic carbocycles. The second kappa shape index (κ2) is 15.1. The number of nitrogens with one attached hydrogen (secondary N) is 2. The molecule has 1 aromatic heterocycles. The molecule has 3 aliphatic rings. The van der Waals surface area contributed by atoms with Crippen molar-refractivity contribution in [2.45, 2.75) is 63.5 Å². The van der Waals surface area contributed by atoms with E-state index in [0.717, 1.165) is 53.4 Å². The average Bonchev–Trinajstić information content (AvgIpc) is 3.74. The molecule has 10 nitrogen and oxygen atoms in total. The Balaban J connectivity index is 1.06. The number of hydrogen-bond acceptors (Lipinski definition) is 7. The van der Waals surface area contributed by atoms with Gasteiger partial charge in [-0.2, -0.15) is 17.0 Å². The lowest BCUT2D eigenvalue weighted by molar-refractivity contribution is -0.128. The minimum Gasteiger partial charge on any atom is -0.379 e. The lowest BCUT2D eigenvalue weighted by Gasteiger charge is -2.37. The Kier molecular flexibility index (Phi) is 10.9. The van der Waals surface area contributed by atoms with Crippen molar-refractivity contribution in [1.82, 2.24) is 24.1 Å². The van der Waals surface area contributed by atoms with Gasteiger partial charge in [0.25, 0.3) is 16.1 Å². The van der Waals surface area contributed by atoms with Crippen LogP contribution in [-0.2, 0) is 26.2 Å². The van der Waals surface area contributed by atoms with Gasteiger partial charge in [-0.25, -0.2) is 0 Å². The van der Waals surface area contributed by atoms with Crippen molar-refractivity contribution < 1.29 is 22.7 Å². The van der Waals surface area contributed by atoms with Crippen molar-refractivity contribution >= 4 is 43.4 Å². The summed E-state index contributed by atoms with van der Waals surface area (Å²) < 4.78 is 35.7. The van der Waals surface area contributed by atoms with Crippen LogP contribution in [0.3, 0.4) is 0 Å². The third kappa shape index (κ3) is 8.23. The van der Waals surface area contributed by atoms with Crippen LogP contribution in [0.4, 0.5) is 0 Å². The predicted molar refractivity (Wildman–Crippen MR) is 186 cm³/mol. The van der Waals surface area contributed by atoms with Crippen LogP contribution in [0.15, 0.2) is 54.6 Å². The van der Waals surface area contributed by atoms with E-state index in [-0.39, 0.29) is 17.9 Å². The highest BCUT2D eigenvalue weighted by molar-refractivity contribution is 7.86. The number of fused-ring (bicyclic) bond motifs is 1. The largest absolute Gasteiger partial charge is 0.379 e. The molecule has 3 aromatic rings. The highest BCUT2D eigenvalue weighted by atomic mass is 32.2. The summed E-state index contributed by atoms with van der Waals surface area (Å²) >= 11 is 1.47. The first kappa shape index (κ1) is 34.0. The Morgan fingerprint density at radius 3 is 2.36 bits per heavy atom. The lowest BCUT2D eigenvalue weighted by Crippen LogP contribution is -2.59. The number of hydrogen-bond donors (Lipinski definition) is 2. The van der Waals surface area contributed by atoms with Crippen molar-refractivity contribution in [3.63, 3.8) is 0 Å². The summed E-state index contributed by atoms with van der Waals surface area (Å²) in [5.74, 6) is -0.279. The number of carbonyl (C=O) groups is 2. The number of morpholine rings is 1. The molecule has 1 saturated carbocycles. The van der Waals surface area contributed by atoms with Crippen molar-refractivity contribution in [3.05, 3.63) is 70.6 Å². The minimum atomic E-state index is -3.46. The number of piperazine rings is 1. The van der Waals surface area contributed by atoms with Crippen LogP contribution in [-0.4, -0.2) is 104 Å². The van der Waals surface area contributed by atoms with Crippen LogP contribution in [0.5, 0.6) is 0 Å². The van der Waals surface area contributed by atoms with Crippen LogP contribution < -0.4 is 10.6 Å². The van der Waals surface area contributed by atoms with E-state index in [1.54, 1.807) is 4.31 Å². The molecular formula is C35H47N5O5S2. The summed E-state index contributed by atoms with van der Waals surface area (Å²) in [4.78, 5) is 30.5. The molecule has 6 rings (SSSR count). The smallest absolute Gasteiger partial charge is 0.282 e. The monoisotopic (exact) mass is 681 g/mol. The summed E-state index contributed by atoms with van der Waals surface area (Å²) in [6, 6.07) is 18.2. The maximum absolute atomic E-state index is 14.1. The summed E-state index contributed by atoms with van der Waals surface area (Å²) in [5, 5.41) is 7.60. The van der Waals surface area contributed by atoms with Crippen LogP contribution in [0.2, 0.25) is 0 Å². The number of nitrogens with zero attached hydrogens (tertiary/aromatic N) is 3. The minimum absolute atomic E-state index is 0.0884. The molecule has 2 amide bonds. The fraction of sp³-hybridized carbons (Fsp3) is 0.543. The molecular weight excluding hydrogens is 635 g/mol. The van der Waals surface area contributed by atoms with E-state index in [4.69, 9.17) is 4.74 Å². The molecule has 1 atom stereocenters. The Hall–Kier alpha value is -2.87. The van der Waals surface area contributed by atoms with Crippen molar-refractivity contribution in [2.24, 2.45) is 0 Å². The first-order valence-electron chi connectivity index (χ1n) is 16.9. The summed E-state index contributed by atoms with van der Waals surface area (Å²) in [7, 11) is -3.46. The van der Waals surface area contributed by atoms with Gasteiger partial charge in [0.05, 0.1) is 18.1 Å². The molecule has 0 radical (unpaired) electrons. The molecule has 3 heterocycles. The molecule has 0 bridgehead atoms. The first-order valence-corrected chi connectivity index (χ1v) is 19.2. The Labute approximate surface area is 282 Å². The number of rotatable bonds is 12. The van der Waals surface area contributed by atoms with Crippen molar-refractivity contribution in [3.8, 4) is 0 Å². The second-order valence-electron chi connectivity index (χ2n) is 13.2. The second-order valence-corrected chi connectivity index (χ2v) is 16.2. The van der Waals surface area contributed by atoms with Crippen LogP contribution in [0.25, 0.3) is 10.1 Å². The van der Waals surface area contributed by atoms with Gasteiger partial charge in [0.2, 0.25) is 5.91 Å². The van der Waals surface area contributed by atoms with E-state index in [0.29, 0.717) is 76.6 Å². The van der Waals surface area contributed by atoms with Gasteiger partial charge in [-0.3, -0.25) is 9.59 Å². The number of ether oxygens (including phenoxy) is 1. The van der Waals surface area contributed by atoms with Gasteiger partial charge >= 0.3 is 0 Å². The van der Waals surface area contributed by atoms with Gasteiger partial charge in [-0.15, -0.1) is 11.3 Å². The fourth-order valence-electron chi connectivity index (χ4n) is 7.05. The van der Waals surface area contributed by atoms with Crippen LogP contribution in [0.1, 0.15) is 59.3 Å². The first-order chi connectivity index (χ1) is 22.7. The molecule has 2 N–H and O–H groups in total. The number of benzene rings is 2. The zero-order valence-corrected chi connectivity index (χ0v) is 28.9. The average molecular weight is 682 g/mol. The molecule has 0 spiro atoms. The van der Waals surface area contributed by atoms with E-state index in [9.17, 15) is 18.0 Å². The van der Waals surface area contributed by atoms with E-state index in [1.165, 1.54) is 15.6 Å². The fourth-order valence-corrected chi connectivity index (χ4v) is 9.67. The molecule has 3 fully saturated rings. The highest BCUT2D eigenvalue weighted by Crippen LogP contribution is 2.32. The van der Waals surface area contributed by atoms with Gasteiger partial charge in [0.1, 0.15) is 5.54 Å². The number of carbonyl (C=O) groups excluding carboxylic acids is 2. The molecule has 12 heteroatoms. The van der Waals surface area contributed by atoms with Crippen LogP contribution in [0, 0.1) is 6.92 Å². The summed E-state index contributed by atoms with van der Waals surface area (Å²) in [6.07, 6.45) is 5.42. The quantitative estimate of drug-likeness (QED) is 0.300. The standard InChI is InChI=1S/C35H47N5O5S2/c1-27-11-12-29-26-32(46-31(29)24-27)33(41)37-35(13-5-6-14-35)34(42)36-30(25-28-8-3-2-4-9-28)10-7-15-38-16-18-39(19-17-38)47(43,44)40-20-22-45-23-21-40/h2-4,8-9,11-12,24,26,30H,5-7,10,13-23,25H2,1H3,(H,36,42)(H,37,41)/t30-/m0/s1. The Morgan fingerprint density at radius 1 is 0.936 bits per heavy atom. The Bertz CT molecular complexity index is 1630.